The number of rotatable bonds is 6. The molecule has 2 saturated heterocycles. The average molecular weight is 366 g/mol. The maximum Gasteiger partial charge on any atom is 0.224 e. The Labute approximate surface area is 153 Å². The number of ether oxygens (including phenoxy) is 2. The number of aromatic hydroxyl groups is 1. The monoisotopic (exact) mass is 366 g/mol. The molecular formula is C18H26N2O4S. The van der Waals surface area contributed by atoms with E-state index in [1.54, 1.807) is 17.8 Å². The zero-order chi connectivity index (χ0) is 17.6. The van der Waals surface area contributed by atoms with Crippen molar-refractivity contribution in [3.05, 3.63) is 23.8 Å². The summed E-state index contributed by atoms with van der Waals surface area (Å²) in [5.41, 5.74) is 1.00. The number of carbonyl (C=O) groups is 1. The third kappa shape index (κ3) is 4.59. The molecule has 2 heterocycles. The minimum absolute atomic E-state index is 0.0258. The average Bonchev–Trinajstić information content (AvgIpc) is 2.63. The number of nitrogens with zero attached hydrogens (tertiary/aromatic N) is 2. The van der Waals surface area contributed by atoms with E-state index in [1.807, 2.05) is 24.0 Å². The van der Waals surface area contributed by atoms with Crippen LogP contribution in [0.25, 0.3) is 0 Å². The minimum atomic E-state index is -0.0258. The zero-order valence-corrected chi connectivity index (χ0v) is 15.5. The lowest BCUT2D eigenvalue weighted by molar-refractivity contribution is -0.132. The van der Waals surface area contributed by atoms with Gasteiger partial charge in [-0.05, 0) is 24.6 Å². The van der Waals surface area contributed by atoms with Gasteiger partial charge in [0.1, 0.15) is 5.37 Å². The first-order valence-corrected chi connectivity index (χ1v) is 9.91. The van der Waals surface area contributed by atoms with Crippen molar-refractivity contribution in [1.29, 1.82) is 0 Å². The van der Waals surface area contributed by atoms with Gasteiger partial charge in [0.05, 0.1) is 19.8 Å². The van der Waals surface area contributed by atoms with E-state index in [2.05, 4.69) is 4.90 Å². The highest BCUT2D eigenvalue weighted by molar-refractivity contribution is 7.99. The summed E-state index contributed by atoms with van der Waals surface area (Å²) in [6, 6.07) is 5.40. The molecule has 0 aliphatic carbocycles. The van der Waals surface area contributed by atoms with Gasteiger partial charge in [0, 0.05) is 38.4 Å². The van der Waals surface area contributed by atoms with Crippen LogP contribution < -0.4 is 4.74 Å². The van der Waals surface area contributed by atoms with Crippen LogP contribution in [0.15, 0.2) is 18.2 Å². The Morgan fingerprint density at radius 2 is 2.12 bits per heavy atom. The first kappa shape index (κ1) is 18.4. The van der Waals surface area contributed by atoms with E-state index in [1.165, 1.54) is 0 Å². The van der Waals surface area contributed by atoms with Crippen LogP contribution >= 0.6 is 11.8 Å². The van der Waals surface area contributed by atoms with Gasteiger partial charge in [-0.1, -0.05) is 6.07 Å². The predicted octanol–water partition coefficient (Wildman–Crippen LogP) is 2.09. The highest BCUT2D eigenvalue weighted by Gasteiger charge is 2.30. The predicted molar refractivity (Wildman–Crippen MR) is 98.1 cm³/mol. The van der Waals surface area contributed by atoms with Crippen molar-refractivity contribution in [2.75, 3.05) is 51.8 Å². The van der Waals surface area contributed by atoms with Crippen LogP contribution in [0, 0.1) is 0 Å². The van der Waals surface area contributed by atoms with Crippen molar-refractivity contribution in [3.8, 4) is 11.5 Å². The molecule has 2 aliphatic rings. The maximum atomic E-state index is 12.5. The fourth-order valence-corrected chi connectivity index (χ4v) is 4.43. The number of phenols is 1. The van der Waals surface area contributed by atoms with Crippen molar-refractivity contribution in [3.63, 3.8) is 0 Å². The lowest BCUT2D eigenvalue weighted by Crippen LogP contribution is -2.45. The van der Waals surface area contributed by atoms with E-state index in [0.717, 1.165) is 44.2 Å². The largest absolute Gasteiger partial charge is 0.504 e. The van der Waals surface area contributed by atoms with Gasteiger partial charge in [0.2, 0.25) is 5.91 Å². The second-order valence-electron chi connectivity index (χ2n) is 6.17. The molecule has 1 aromatic carbocycles. The number of hydrogen-bond donors (Lipinski definition) is 1. The van der Waals surface area contributed by atoms with Crippen LogP contribution in [0.3, 0.4) is 0 Å². The van der Waals surface area contributed by atoms with Crippen LogP contribution in [0.2, 0.25) is 0 Å². The number of phenolic OH excluding ortho intramolecular Hbond substituents is 1. The van der Waals surface area contributed by atoms with E-state index in [0.29, 0.717) is 25.3 Å². The molecule has 1 aromatic rings. The Hall–Kier alpha value is -1.44. The molecule has 25 heavy (non-hydrogen) atoms. The molecule has 1 amide bonds. The van der Waals surface area contributed by atoms with Crippen molar-refractivity contribution in [2.45, 2.75) is 18.7 Å². The van der Waals surface area contributed by atoms with Gasteiger partial charge in [-0.2, -0.15) is 0 Å². The zero-order valence-electron chi connectivity index (χ0n) is 14.6. The van der Waals surface area contributed by atoms with E-state index in [4.69, 9.17) is 9.47 Å². The Morgan fingerprint density at radius 1 is 1.32 bits per heavy atom. The van der Waals surface area contributed by atoms with Gasteiger partial charge in [-0.15, -0.1) is 11.8 Å². The van der Waals surface area contributed by atoms with Crippen LogP contribution in [-0.4, -0.2) is 72.6 Å². The Kier molecular flexibility index (Phi) is 6.45. The van der Waals surface area contributed by atoms with Crippen molar-refractivity contribution in [2.24, 2.45) is 0 Å². The van der Waals surface area contributed by atoms with Gasteiger partial charge >= 0.3 is 0 Å². The molecule has 2 aliphatic heterocycles. The molecule has 1 unspecified atom stereocenters. The lowest BCUT2D eigenvalue weighted by Gasteiger charge is -2.37. The van der Waals surface area contributed by atoms with Crippen LogP contribution in [0.5, 0.6) is 11.5 Å². The van der Waals surface area contributed by atoms with Gasteiger partial charge < -0.3 is 19.5 Å². The second-order valence-corrected chi connectivity index (χ2v) is 7.36. The summed E-state index contributed by atoms with van der Waals surface area (Å²) >= 11 is 1.77. The van der Waals surface area contributed by atoms with Gasteiger partial charge in [0.15, 0.2) is 11.5 Å². The molecule has 0 radical (unpaired) electrons. The number of carbonyl (C=O) groups excluding carboxylic acids is 1. The summed E-state index contributed by atoms with van der Waals surface area (Å²) in [5, 5.41) is 9.90. The molecule has 0 spiro atoms. The minimum Gasteiger partial charge on any atom is -0.504 e. The van der Waals surface area contributed by atoms with Crippen molar-refractivity contribution >= 4 is 17.7 Å². The van der Waals surface area contributed by atoms with Gasteiger partial charge in [-0.25, -0.2) is 0 Å². The number of amides is 1. The number of morpholine rings is 1. The SMILES string of the molecule is CCOc1cc(C2SCCC(=O)N2CCN2CCOCC2)ccc1O. The standard InChI is InChI=1S/C18H26N2O4S/c1-2-24-16-13-14(3-4-15(16)21)18-20(17(22)5-12-25-18)7-6-19-8-10-23-11-9-19/h3-4,13,18,21H,2,5-12H2,1H3. The molecule has 7 heteroatoms. The molecule has 0 bridgehead atoms. The summed E-state index contributed by atoms with van der Waals surface area (Å²) in [7, 11) is 0. The molecule has 1 atom stereocenters. The molecular weight excluding hydrogens is 340 g/mol. The topological polar surface area (TPSA) is 62.2 Å². The summed E-state index contributed by atoms with van der Waals surface area (Å²) in [6.45, 7) is 7.34. The normalized spacial score (nSPS) is 22.2. The summed E-state index contributed by atoms with van der Waals surface area (Å²) in [4.78, 5) is 16.8. The summed E-state index contributed by atoms with van der Waals surface area (Å²) in [6.07, 6.45) is 0.584. The number of thioether (sulfide) groups is 1. The van der Waals surface area contributed by atoms with E-state index < -0.39 is 0 Å². The molecule has 2 fully saturated rings. The van der Waals surface area contributed by atoms with Gasteiger partial charge in [-0.3, -0.25) is 9.69 Å². The Balaban J connectivity index is 1.72. The van der Waals surface area contributed by atoms with E-state index in [-0.39, 0.29) is 17.0 Å². The Bertz CT molecular complexity index is 592. The summed E-state index contributed by atoms with van der Waals surface area (Å²) in [5.74, 6) is 1.63. The smallest absolute Gasteiger partial charge is 0.224 e. The molecule has 6 nitrogen and oxygen atoms in total. The maximum absolute atomic E-state index is 12.5. The molecule has 3 rings (SSSR count). The fourth-order valence-electron chi connectivity index (χ4n) is 3.17. The highest BCUT2D eigenvalue weighted by atomic mass is 32.2. The second kappa shape index (κ2) is 8.78. The quantitative estimate of drug-likeness (QED) is 0.832. The summed E-state index contributed by atoms with van der Waals surface area (Å²) < 4.78 is 10.9. The van der Waals surface area contributed by atoms with Gasteiger partial charge in [0.25, 0.3) is 0 Å². The molecule has 0 aromatic heterocycles. The highest BCUT2D eigenvalue weighted by Crippen LogP contribution is 2.40. The van der Waals surface area contributed by atoms with Crippen LogP contribution in [-0.2, 0) is 9.53 Å². The van der Waals surface area contributed by atoms with E-state index in [9.17, 15) is 9.90 Å². The number of hydrogen-bond acceptors (Lipinski definition) is 6. The van der Waals surface area contributed by atoms with Crippen LogP contribution in [0.4, 0.5) is 0 Å². The van der Waals surface area contributed by atoms with Crippen LogP contribution in [0.1, 0.15) is 24.3 Å². The first-order valence-electron chi connectivity index (χ1n) is 8.86. The lowest BCUT2D eigenvalue weighted by atomic mass is 10.1. The fraction of sp³-hybridized carbons (Fsp3) is 0.611. The Morgan fingerprint density at radius 3 is 2.88 bits per heavy atom. The van der Waals surface area contributed by atoms with E-state index >= 15 is 0 Å². The first-order chi connectivity index (χ1) is 12.2. The third-order valence-corrected chi connectivity index (χ3v) is 5.81. The number of benzene rings is 1. The molecule has 1 N–H and O–H groups in total. The third-order valence-electron chi connectivity index (χ3n) is 4.52. The van der Waals surface area contributed by atoms with Crippen molar-refractivity contribution < 1.29 is 19.4 Å². The molecule has 0 saturated carbocycles. The van der Waals surface area contributed by atoms with Crippen molar-refractivity contribution in [1.82, 2.24) is 9.80 Å². The molecule has 138 valence electrons.